The highest BCUT2D eigenvalue weighted by Gasteiger charge is 2.24. The predicted octanol–water partition coefficient (Wildman–Crippen LogP) is 3.88. The van der Waals surface area contributed by atoms with Gasteiger partial charge >= 0.3 is 5.69 Å². The molecule has 1 heterocycles. The van der Waals surface area contributed by atoms with Gasteiger partial charge in [-0.15, -0.1) is 0 Å². The van der Waals surface area contributed by atoms with E-state index in [0.717, 1.165) is 16.7 Å². The molecule has 0 amide bonds. The SMILES string of the molecule is Cc1ccccc1C(OCC(O)Cn1nc(C)c([N+](=O)[O-])c1C)c1ccccc1. The third-order valence-corrected chi connectivity index (χ3v) is 4.94. The van der Waals surface area contributed by atoms with E-state index < -0.39 is 11.0 Å². The number of aromatic nitrogens is 2. The van der Waals surface area contributed by atoms with Crippen molar-refractivity contribution in [1.82, 2.24) is 9.78 Å². The van der Waals surface area contributed by atoms with Gasteiger partial charge in [-0.1, -0.05) is 54.6 Å². The zero-order valence-electron chi connectivity index (χ0n) is 16.8. The zero-order valence-corrected chi connectivity index (χ0v) is 16.8. The Morgan fingerprint density at radius 1 is 1.10 bits per heavy atom. The Morgan fingerprint density at radius 2 is 1.76 bits per heavy atom. The standard InChI is InChI=1S/C22H25N3O4/c1-15-9-7-8-12-20(15)22(18-10-5-4-6-11-18)29-14-19(26)13-24-17(3)21(25(27)28)16(2)23-24/h4-12,19,22,26H,13-14H2,1-3H3. The number of nitrogens with zero attached hydrogens (tertiary/aromatic N) is 3. The van der Waals surface area contributed by atoms with Crippen molar-refractivity contribution in [1.29, 1.82) is 0 Å². The predicted molar refractivity (Wildman–Crippen MR) is 110 cm³/mol. The number of rotatable bonds is 8. The molecule has 0 aliphatic heterocycles. The second-order valence-corrected chi connectivity index (χ2v) is 7.09. The minimum absolute atomic E-state index is 0.0137. The van der Waals surface area contributed by atoms with Crippen LogP contribution in [0, 0.1) is 30.9 Å². The van der Waals surface area contributed by atoms with Crippen molar-refractivity contribution in [2.75, 3.05) is 6.61 Å². The molecule has 29 heavy (non-hydrogen) atoms. The zero-order chi connectivity index (χ0) is 21.0. The van der Waals surface area contributed by atoms with Gasteiger partial charge in [-0.2, -0.15) is 5.10 Å². The van der Waals surface area contributed by atoms with Crippen LogP contribution in [0.5, 0.6) is 0 Å². The minimum Gasteiger partial charge on any atom is -0.389 e. The number of ether oxygens (including phenoxy) is 1. The van der Waals surface area contributed by atoms with Crippen LogP contribution in [-0.4, -0.2) is 32.5 Å². The highest BCUT2D eigenvalue weighted by molar-refractivity contribution is 5.39. The molecule has 1 aromatic heterocycles. The highest BCUT2D eigenvalue weighted by Crippen LogP contribution is 2.29. The fraction of sp³-hybridized carbons (Fsp3) is 0.318. The summed E-state index contributed by atoms with van der Waals surface area (Å²) >= 11 is 0. The first kappa shape index (κ1) is 20.7. The fourth-order valence-electron chi connectivity index (χ4n) is 3.46. The van der Waals surface area contributed by atoms with Crippen molar-refractivity contribution in [3.05, 3.63) is 92.8 Å². The largest absolute Gasteiger partial charge is 0.389 e. The fourth-order valence-corrected chi connectivity index (χ4v) is 3.46. The lowest BCUT2D eigenvalue weighted by molar-refractivity contribution is -0.386. The molecule has 2 unspecified atom stereocenters. The van der Waals surface area contributed by atoms with Crippen molar-refractivity contribution >= 4 is 5.69 Å². The molecule has 0 saturated carbocycles. The summed E-state index contributed by atoms with van der Waals surface area (Å²) in [6, 6.07) is 17.8. The van der Waals surface area contributed by atoms with Crippen LogP contribution < -0.4 is 0 Å². The van der Waals surface area contributed by atoms with Gasteiger partial charge < -0.3 is 9.84 Å². The molecule has 0 fully saturated rings. The summed E-state index contributed by atoms with van der Waals surface area (Å²) in [5, 5.41) is 25.9. The lowest BCUT2D eigenvalue weighted by Crippen LogP contribution is -2.25. The summed E-state index contributed by atoms with van der Waals surface area (Å²) in [5.74, 6) is 0. The van der Waals surface area contributed by atoms with Crippen molar-refractivity contribution in [2.45, 2.75) is 39.5 Å². The Morgan fingerprint density at radius 3 is 2.38 bits per heavy atom. The normalized spacial score (nSPS) is 13.2. The van der Waals surface area contributed by atoms with Gasteiger partial charge in [0.05, 0.1) is 24.2 Å². The Hall–Kier alpha value is -3.03. The molecule has 2 atom stereocenters. The van der Waals surface area contributed by atoms with Crippen LogP contribution in [-0.2, 0) is 11.3 Å². The van der Waals surface area contributed by atoms with Crippen molar-refractivity contribution < 1.29 is 14.8 Å². The van der Waals surface area contributed by atoms with E-state index in [0.29, 0.717) is 11.4 Å². The molecule has 0 aliphatic carbocycles. The summed E-state index contributed by atoms with van der Waals surface area (Å²) in [4.78, 5) is 10.7. The minimum atomic E-state index is -0.858. The molecule has 7 heteroatoms. The van der Waals surface area contributed by atoms with Crippen LogP contribution in [0.2, 0.25) is 0 Å². The van der Waals surface area contributed by atoms with Crippen LogP contribution in [0.15, 0.2) is 54.6 Å². The molecular formula is C22H25N3O4. The Kier molecular flexibility index (Phi) is 6.41. The summed E-state index contributed by atoms with van der Waals surface area (Å²) in [6.07, 6.45) is -1.18. The Labute approximate surface area is 169 Å². The monoisotopic (exact) mass is 395 g/mol. The Balaban J connectivity index is 1.76. The highest BCUT2D eigenvalue weighted by atomic mass is 16.6. The molecule has 0 radical (unpaired) electrons. The van der Waals surface area contributed by atoms with E-state index in [2.05, 4.69) is 5.10 Å². The van der Waals surface area contributed by atoms with Crippen molar-refractivity contribution in [3.8, 4) is 0 Å². The molecule has 3 rings (SSSR count). The number of aryl methyl sites for hydroxylation is 2. The molecule has 0 bridgehead atoms. The molecule has 1 N–H and O–H groups in total. The van der Waals surface area contributed by atoms with E-state index in [1.807, 2.05) is 61.5 Å². The van der Waals surface area contributed by atoms with Gasteiger partial charge in [0.1, 0.15) is 17.5 Å². The first-order valence-electron chi connectivity index (χ1n) is 9.47. The maximum absolute atomic E-state index is 11.2. The van der Waals surface area contributed by atoms with Gasteiger partial charge in [0.15, 0.2) is 0 Å². The third kappa shape index (κ3) is 4.70. The maximum Gasteiger partial charge on any atom is 0.312 e. The van der Waals surface area contributed by atoms with Crippen LogP contribution >= 0.6 is 0 Å². The van der Waals surface area contributed by atoms with Crippen molar-refractivity contribution in [2.24, 2.45) is 0 Å². The smallest absolute Gasteiger partial charge is 0.312 e. The van der Waals surface area contributed by atoms with Gasteiger partial charge in [-0.3, -0.25) is 14.8 Å². The first-order valence-corrected chi connectivity index (χ1v) is 9.47. The lowest BCUT2D eigenvalue weighted by Gasteiger charge is -2.22. The second-order valence-electron chi connectivity index (χ2n) is 7.09. The van der Waals surface area contributed by atoms with E-state index in [-0.39, 0.29) is 24.9 Å². The van der Waals surface area contributed by atoms with Crippen LogP contribution in [0.4, 0.5) is 5.69 Å². The Bertz CT molecular complexity index is 985. The van der Waals surface area contributed by atoms with Crippen LogP contribution in [0.1, 0.15) is 34.2 Å². The maximum atomic E-state index is 11.2. The quantitative estimate of drug-likeness (QED) is 0.462. The van der Waals surface area contributed by atoms with Gasteiger partial charge in [-0.05, 0) is 37.5 Å². The summed E-state index contributed by atoms with van der Waals surface area (Å²) < 4.78 is 7.59. The first-order chi connectivity index (χ1) is 13.9. The number of hydrogen-bond acceptors (Lipinski definition) is 5. The molecule has 152 valence electrons. The van der Waals surface area contributed by atoms with Crippen LogP contribution in [0.25, 0.3) is 0 Å². The van der Waals surface area contributed by atoms with E-state index in [9.17, 15) is 15.2 Å². The van der Waals surface area contributed by atoms with E-state index in [4.69, 9.17) is 4.74 Å². The average Bonchev–Trinajstić information content (AvgIpc) is 2.97. The summed E-state index contributed by atoms with van der Waals surface area (Å²) in [5.41, 5.74) is 3.88. The lowest BCUT2D eigenvalue weighted by atomic mass is 9.97. The molecule has 0 saturated heterocycles. The molecular weight excluding hydrogens is 370 g/mol. The van der Waals surface area contributed by atoms with E-state index >= 15 is 0 Å². The van der Waals surface area contributed by atoms with Gasteiger partial charge in [-0.25, -0.2) is 0 Å². The number of aliphatic hydroxyl groups is 1. The van der Waals surface area contributed by atoms with E-state index in [1.165, 1.54) is 4.68 Å². The molecule has 7 nitrogen and oxygen atoms in total. The number of benzene rings is 2. The summed E-state index contributed by atoms with van der Waals surface area (Å²) in [7, 11) is 0. The molecule has 3 aromatic rings. The summed E-state index contributed by atoms with van der Waals surface area (Å²) in [6.45, 7) is 5.44. The van der Waals surface area contributed by atoms with Crippen LogP contribution in [0.3, 0.4) is 0 Å². The molecule has 0 aliphatic rings. The van der Waals surface area contributed by atoms with E-state index in [1.54, 1.807) is 13.8 Å². The van der Waals surface area contributed by atoms with Gasteiger partial charge in [0.25, 0.3) is 0 Å². The van der Waals surface area contributed by atoms with Crippen molar-refractivity contribution in [3.63, 3.8) is 0 Å². The average molecular weight is 395 g/mol. The van der Waals surface area contributed by atoms with Gasteiger partial charge in [0.2, 0.25) is 0 Å². The molecule has 2 aromatic carbocycles. The molecule has 0 spiro atoms. The third-order valence-electron chi connectivity index (χ3n) is 4.94. The topological polar surface area (TPSA) is 90.4 Å². The second kappa shape index (κ2) is 8.98. The number of nitro groups is 1. The van der Waals surface area contributed by atoms with Gasteiger partial charge in [0, 0.05) is 0 Å². The number of hydrogen-bond donors (Lipinski definition) is 1. The number of aliphatic hydroxyl groups excluding tert-OH is 1.